The van der Waals surface area contributed by atoms with Crippen molar-refractivity contribution >= 4 is 24.1 Å². The lowest BCUT2D eigenvalue weighted by Crippen LogP contribution is -2.46. The van der Waals surface area contributed by atoms with Crippen LogP contribution in [-0.2, 0) is 9.59 Å². The number of nitrogens with one attached hydrogen (secondary N) is 2. The Morgan fingerprint density at radius 3 is 2.79 bits per heavy atom. The highest BCUT2D eigenvalue weighted by Crippen LogP contribution is 2.37. The minimum Gasteiger partial charge on any atom is -0.480 e. The van der Waals surface area contributed by atoms with Crippen molar-refractivity contribution < 1.29 is 14.7 Å². The number of hydrogen-bond acceptors (Lipinski definition) is 4. The van der Waals surface area contributed by atoms with E-state index in [4.69, 9.17) is 5.11 Å². The molecule has 2 unspecified atom stereocenters. The zero-order chi connectivity index (χ0) is 10.8. The Morgan fingerprint density at radius 2 is 2.36 bits per heavy atom. The van der Waals surface area contributed by atoms with Gasteiger partial charge in [0.25, 0.3) is 0 Å². The first-order valence-electron chi connectivity index (χ1n) is 4.31. The summed E-state index contributed by atoms with van der Waals surface area (Å²) in [5.41, 5.74) is 0. The molecule has 2 atom stereocenters. The summed E-state index contributed by atoms with van der Waals surface area (Å²) in [6.45, 7) is 4.20. The van der Waals surface area contributed by atoms with Gasteiger partial charge in [-0.15, -0.1) is 11.8 Å². The Labute approximate surface area is 86.6 Å². The maximum absolute atomic E-state index is 10.9. The second kappa shape index (κ2) is 4.18. The fraction of sp³-hybridized carbons (Fsp3) is 0.750. The van der Waals surface area contributed by atoms with Crippen LogP contribution < -0.4 is 10.6 Å². The van der Waals surface area contributed by atoms with Crippen LogP contribution in [0.25, 0.3) is 0 Å². The predicted molar refractivity (Wildman–Crippen MR) is 54.1 cm³/mol. The van der Waals surface area contributed by atoms with Gasteiger partial charge in [-0.2, -0.15) is 0 Å². The Bertz CT molecular complexity index is 245. The number of carboxylic acid groups (broad SMARTS) is 1. The van der Waals surface area contributed by atoms with Crippen LogP contribution in [0.3, 0.4) is 0 Å². The summed E-state index contributed by atoms with van der Waals surface area (Å²) >= 11 is 1.53. The first-order chi connectivity index (χ1) is 6.47. The molecule has 3 N–H and O–H groups in total. The molecule has 0 bridgehead atoms. The highest BCUT2D eigenvalue weighted by molar-refractivity contribution is 8.01. The zero-order valence-corrected chi connectivity index (χ0v) is 8.93. The van der Waals surface area contributed by atoms with Gasteiger partial charge in [-0.1, -0.05) is 0 Å². The van der Waals surface area contributed by atoms with E-state index in [0.717, 1.165) is 0 Å². The van der Waals surface area contributed by atoms with Crippen molar-refractivity contribution in [3.63, 3.8) is 0 Å². The van der Waals surface area contributed by atoms with Crippen molar-refractivity contribution in [3.8, 4) is 0 Å². The molecule has 1 heterocycles. The zero-order valence-electron chi connectivity index (χ0n) is 8.11. The Kier molecular flexibility index (Phi) is 3.38. The van der Waals surface area contributed by atoms with Gasteiger partial charge in [0, 0.05) is 11.3 Å². The SMILES string of the molecule is CC1(C)SC(CNC=O)NC1C(=O)O. The lowest BCUT2D eigenvalue weighted by molar-refractivity contribution is -0.139. The smallest absolute Gasteiger partial charge is 0.322 e. The third kappa shape index (κ3) is 2.39. The molecule has 1 amide bonds. The molecule has 0 aromatic carbocycles. The van der Waals surface area contributed by atoms with E-state index in [0.29, 0.717) is 13.0 Å². The summed E-state index contributed by atoms with van der Waals surface area (Å²) in [5, 5.41) is 14.4. The van der Waals surface area contributed by atoms with Gasteiger partial charge in [0.05, 0.1) is 5.37 Å². The number of aliphatic carboxylic acids is 1. The van der Waals surface area contributed by atoms with Crippen molar-refractivity contribution in [1.82, 2.24) is 10.6 Å². The number of carbonyl (C=O) groups is 2. The number of thioether (sulfide) groups is 1. The number of hydrogen-bond donors (Lipinski definition) is 3. The molecule has 1 saturated heterocycles. The highest BCUT2D eigenvalue weighted by atomic mass is 32.2. The lowest BCUT2D eigenvalue weighted by Gasteiger charge is -2.20. The van der Waals surface area contributed by atoms with E-state index in [1.54, 1.807) is 0 Å². The topological polar surface area (TPSA) is 78.4 Å². The molecule has 1 aliphatic heterocycles. The number of rotatable bonds is 4. The van der Waals surface area contributed by atoms with Gasteiger partial charge in [-0.05, 0) is 13.8 Å². The number of amides is 1. The van der Waals surface area contributed by atoms with Crippen LogP contribution >= 0.6 is 11.8 Å². The first kappa shape index (κ1) is 11.3. The second-order valence-corrected chi connectivity index (χ2v) is 5.53. The van der Waals surface area contributed by atoms with Crippen LogP contribution in [0.1, 0.15) is 13.8 Å². The van der Waals surface area contributed by atoms with Gasteiger partial charge in [-0.25, -0.2) is 0 Å². The summed E-state index contributed by atoms with van der Waals surface area (Å²) in [5.74, 6) is -0.851. The van der Waals surface area contributed by atoms with Crippen molar-refractivity contribution in [2.45, 2.75) is 30.0 Å². The number of carbonyl (C=O) groups excluding carboxylic acids is 1. The molecule has 0 aromatic rings. The van der Waals surface area contributed by atoms with Crippen molar-refractivity contribution in [3.05, 3.63) is 0 Å². The van der Waals surface area contributed by atoms with Crippen molar-refractivity contribution in [2.24, 2.45) is 0 Å². The summed E-state index contributed by atoms with van der Waals surface area (Å²) in [4.78, 5) is 20.9. The van der Waals surface area contributed by atoms with Gasteiger partial charge in [0.2, 0.25) is 6.41 Å². The quantitative estimate of drug-likeness (QED) is 0.561. The van der Waals surface area contributed by atoms with Gasteiger partial charge >= 0.3 is 5.97 Å². The van der Waals surface area contributed by atoms with E-state index >= 15 is 0 Å². The molecule has 0 saturated carbocycles. The van der Waals surface area contributed by atoms with Crippen LogP contribution in [0.5, 0.6) is 0 Å². The van der Waals surface area contributed by atoms with Crippen LogP contribution in [0.4, 0.5) is 0 Å². The Balaban J connectivity index is 2.57. The van der Waals surface area contributed by atoms with Crippen molar-refractivity contribution in [2.75, 3.05) is 6.54 Å². The maximum atomic E-state index is 10.9. The van der Waals surface area contributed by atoms with E-state index in [1.807, 2.05) is 13.8 Å². The molecular formula is C8H14N2O3S. The molecule has 0 aliphatic carbocycles. The maximum Gasteiger partial charge on any atom is 0.322 e. The highest BCUT2D eigenvalue weighted by Gasteiger charge is 2.44. The van der Waals surface area contributed by atoms with Gasteiger partial charge < -0.3 is 10.4 Å². The van der Waals surface area contributed by atoms with Crippen LogP contribution in [0.2, 0.25) is 0 Å². The van der Waals surface area contributed by atoms with E-state index in [9.17, 15) is 9.59 Å². The largest absolute Gasteiger partial charge is 0.480 e. The molecule has 0 radical (unpaired) electrons. The summed E-state index contributed by atoms with van der Waals surface area (Å²) in [6, 6.07) is -0.564. The minimum absolute atomic E-state index is 0.0312. The molecule has 1 aliphatic rings. The molecule has 0 aromatic heterocycles. The lowest BCUT2D eigenvalue weighted by atomic mass is 10.0. The second-order valence-electron chi connectivity index (χ2n) is 3.67. The van der Waals surface area contributed by atoms with Gasteiger partial charge in [0.1, 0.15) is 6.04 Å². The van der Waals surface area contributed by atoms with E-state index in [-0.39, 0.29) is 10.1 Å². The minimum atomic E-state index is -0.851. The van der Waals surface area contributed by atoms with Gasteiger partial charge in [0.15, 0.2) is 0 Å². The Hall–Kier alpha value is -0.750. The monoisotopic (exact) mass is 218 g/mol. The molecule has 1 fully saturated rings. The predicted octanol–water partition coefficient (Wildman–Crippen LogP) is -0.373. The molecule has 14 heavy (non-hydrogen) atoms. The van der Waals surface area contributed by atoms with Crippen LogP contribution in [0.15, 0.2) is 0 Å². The summed E-state index contributed by atoms with van der Waals surface area (Å²) in [7, 11) is 0. The van der Waals surface area contributed by atoms with E-state index < -0.39 is 12.0 Å². The van der Waals surface area contributed by atoms with Gasteiger partial charge in [-0.3, -0.25) is 14.9 Å². The Morgan fingerprint density at radius 1 is 1.71 bits per heavy atom. The molecule has 1 rings (SSSR count). The van der Waals surface area contributed by atoms with E-state index in [2.05, 4.69) is 10.6 Å². The fourth-order valence-electron chi connectivity index (χ4n) is 1.48. The standard InChI is InChI=1S/C8H14N2O3S/c1-8(2)6(7(12)13)10-5(14-8)3-9-4-11/h4-6,10H,3H2,1-2H3,(H,9,11)(H,12,13). The van der Waals surface area contributed by atoms with Crippen molar-refractivity contribution in [1.29, 1.82) is 0 Å². The number of carboxylic acids is 1. The first-order valence-corrected chi connectivity index (χ1v) is 5.19. The molecule has 6 heteroatoms. The average molecular weight is 218 g/mol. The molecule has 80 valence electrons. The summed E-state index contributed by atoms with van der Waals surface area (Å²) in [6.07, 6.45) is 0.614. The normalized spacial score (nSPS) is 29.9. The van der Waals surface area contributed by atoms with E-state index in [1.165, 1.54) is 11.8 Å². The summed E-state index contributed by atoms with van der Waals surface area (Å²) < 4.78 is -0.346. The fourth-order valence-corrected chi connectivity index (χ4v) is 2.90. The molecule has 5 nitrogen and oxygen atoms in total. The average Bonchev–Trinajstić information content (AvgIpc) is 2.37. The third-order valence-corrected chi connectivity index (χ3v) is 3.56. The third-order valence-electron chi connectivity index (χ3n) is 2.13. The van der Waals surface area contributed by atoms with Crippen LogP contribution in [0, 0.1) is 0 Å². The molecular weight excluding hydrogens is 204 g/mol. The van der Waals surface area contributed by atoms with Crippen LogP contribution in [-0.4, -0.2) is 40.2 Å². The molecule has 0 spiro atoms.